The van der Waals surface area contributed by atoms with Crippen molar-refractivity contribution in [1.29, 1.82) is 0 Å². The predicted molar refractivity (Wildman–Crippen MR) is 89.4 cm³/mol. The zero-order chi connectivity index (χ0) is 15.1. The van der Waals surface area contributed by atoms with Crippen molar-refractivity contribution in [2.45, 2.75) is 12.5 Å². The number of thioether (sulfide) groups is 2. The van der Waals surface area contributed by atoms with Gasteiger partial charge >= 0.3 is 0 Å². The summed E-state index contributed by atoms with van der Waals surface area (Å²) >= 11 is 3.62. The van der Waals surface area contributed by atoms with Crippen LogP contribution in [0.2, 0.25) is 0 Å². The minimum absolute atomic E-state index is 0.00372. The highest BCUT2D eigenvalue weighted by Crippen LogP contribution is 2.13. The first kappa shape index (κ1) is 17.4. The molecule has 21 heavy (non-hydrogen) atoms. The van der Waals surface area contributed by atoms with Crippen LogP contribution in [-0.2, 0) is 14.8 Å². The number of carbonyl (C=O) groups is 1. The molecule has 0 aromatic heterocycles. The van der Waals surface area contributed by atoms with E-state index in [-0.39, 0.29) is 24.2 Å². The van der Waals surface area contributed by atoms with Crippen LogP contribution in [0.1, 0.15) is 6.42 Å². The summed E-state index contributed by atoms with van der Waals surface area (Å²) in [6.45, 7) is 2.31. The Hall–Kier alpha value is 0.0400. The first-order chi connectivity index (χ1) is 10.1. The van der Waals surface area contributed by atoms with E-state index in [4.69, 9.17) is 0 Å². The summed E-state index contributed by atoms with van der Waals surface area (Å²) in [5.74, 6) is 3.67. The molecule has 0 radical (unpaired) electrons. The smallest absolute Gasteiger partial charge is 0.221 e. The molecule has 9 heteroatoms. The van der Waals surface area contributed by atoms with Gasteiger partial charge in [-0.15, -0.1) is 0 Å². The number of amides is 1. The third-order valence-corrected chi connectivity index (χ3v) is 7.42. The van der Waals surface area contributed by atoms with Crippen LogP contribution < -0.4 is 10.6 Å². The summed E-state index contributed by atoms with van der Waals surface area (Å²) in [6.07, 6.45) is 0.424. The Bertz CT molecular complexity index is 432. The molecule has 2 saturated heterocycles. The maximum atomic E-state index is 12.1. The van der Waals surface area contributed by atoms with Gasteiger partial charge in [0.15, 0.2) is 0 Å². The van der Waals surface area contributed by atoms with Crippen molar-refractivity contribution >= 4 is 39.5 Å². The fourth-order valence-electron chi connectivity index (χ4n) is 2.32. The highest BCUT2D eigenvalue weighted by molar-refractivity contribution is 7.99. The Morgan fingerprint density at radius 1 is 1.24 bits per heavy atom. The number of nitrogens with one attached hydrogen (secondary N) is 2. The molecule has 2 aliphatic heterocycles. The Balaban J connectivity index is 1.66. The lowest BCUT2D eigenvalue weighted by Crippen LogP contribution is -2.44. The van der Waals surface area contributed by atoms with Gasteiger partial charge in [-0.05, 0) is 0 Å². The van der Waals surface area contributed by atoms with Gasteiger partial charge in [0.25, 0.3) is 0 Å². The molecule has 2 rings (SSSR count). The van der Waals surface area contributed by atoms with Crippen LogP contribution >= 0.6 is 23.5 Å². The van der Waals surface area contributed by atoms with Crippen molar-refractivity contribution in [3.63, 3.8) is 0 Å². The van der Waals surface area contributed by atoms with Crippen LogP contribution in [0.15, 0.2) is 0 Å². The third kappa shape index (κ3) is 5.97. The zero-order valence-corrected chi connectivity index (χ0v) is 14.5. The van der Waals surface area contributed by atoms with Crippen molar-refractivity contribution < 1.29 is 13.2 Å². The molecule has 0 aromatic carbocycles. The van der Waals surface area contributed by atoms with E-state index >= 15 is 0 Å². The van der Waals surface area contributed by atoms with Gasteiger partial charge in [-0.25, -0.2) is 12.7 Å². The van der Waals surface area contributed by atoms with E-state index in [1.807, 2.05) is 11.8 Å². The highest BCUT2D eigenvalue weighted by Gasteiger charge is 2.24. The Morgan fingerprint density at radius 3 is 2.67 bits per heavy atom. The predicted octanol–water partition coefficient (Wildman–Crippen LogP) is -0.424. The van der Waals surface area contributed by atoms with Gasteiger partial charge in [-0.3, -0.25) is 4.79 Å². The lowest BCUT2D eigenvalue weighted by atomic mass is 10.2. The normalized spacial score (nSPS) is 24.7. The SMILES string of the molecule is O=C(CC1CSCCN1)NCCS(=O)(=O)N1CCSCC1. The van der Waals surface area contributed by atoms with Gasteiger partial charge in [-0.2, -0.15) is 23.5 Å². The largest absolute Gasteiger partial charge is 0.355 e. The second-order valence-electron chi connectivity index (χ2n) is 5.11. The maximum absolute atomic E-state index is 12.1. The molecule has 1 amide bonds. The standard InChI is InChI=1S/C12H23N3O3S3/c16-12(9-11-10-20-5-1-13-11)14-2-8-21(17,18)15-3-6-19-7-4-15/h11,13H,1-10H2,(H,14,16). The number of rotatable bonds is 6. The van der Waals surface area contributed by atoms with E-state index < -0.39 is 10.0 Å². The maximum Gasteiger partial charge on any atom is 0.221 e. The molecule has 0 bridgehead atoms. The van der Waals surface area contributed by atoms with Crippen LogP contribution in [0.5, 0.6) is 0 Å². The summed E-state index contributed by atoms with van der Waals surface area (Å²) in [5.41, 5.74) is 0. The number of hydrogen-bond acceptors (Lipinski definition) is 6. The Morgan fingerprint density at radius 2 is 2.00 bits per heavy atom. The number of sulfonamides is 1. The lowest BCUT2D eigenvalue weighted by molar-refractivity contribution is -0.121. The lowest BCUT2D eigenvalue weighted by Gasteiger charge is -2.25. The molecule has 1 unspecified atom stereocenters. The second kappa shape index (κ2) is 8.61. The minimum atomic E-state index is -3.23. The van der Waals surface area contributed by atoms with E-state index in [0.29, 0.717) is 19.5 Å². The first-order valence-electron chi connectivity index (χ1n) is 7.21. The molecule has 0 aromatic rings. The van der Waals surface area contributed by atoms with E-state index in [9.17, 15) is 13.2 Å². The molecular weight excluding hydrogens is 330 g/mol. The number of hydrogen-bond donors (Lipinski definition) is 2. The van der Waals surface area contributed by atoms with Gasteiger partial charge in [0.05, 0.1) is 5.75 Å². The van der Waals surface area contributed by atoms with Gasteiger partial charge in [0.2, 0.25) is 15.9 Å². The quantitative estimate of drug-likeness (QED) is 0.675. The van der Waals surface area contributed by atoms with Gasteiger partial charge in [0, 0.05) is 61.7 Å². The Kier molecular flexibility index (Phi) is 7.14. The fourth-order valence-corrected chi connectivity index (χ4v) is 5.76. The van der Waals surface area contributed by atoms with Crippen LogP contribution in [0.3, 0.4) is 0 Å². The topological polar surface area (TPSA) is 78.5 Å². The molecule has 0 saturated carbocycles. The van der Waals surface area contributed by atoms with Crippen LogP contribution in [0, 0.1) is 0 Å². The highest BCUT2D eigenvalue weighted by atomic mass is 32.2. The molecule has 2 fully saturated rings. The summed E-state index contributed by atoms with van der Waals surface area (Å²) in [5, 5.41) is 6.02. The summed E-state index contributed by atoms with van der Waals surface area (Å²) < 4.78 is 25.8. The molecular formula is C12H23N3O3S3. The van der Waals surface area contributed by atoms with E-state index in [0.717, 1.165) is 29.6 Å². The van der Waals surface area contributed by atoms with Crippen LogP contribution in [-0.4, -0.2) is 79.6 Å². The molecule has 122 valence electrons. The van der Waals surface area contributed by atoms with Crippen LogP contribution in [0.25, 0.3) is 0 Å². The fraction of sp³-hybridized carbons (Fsp3) is 0.917. The molecule has 2 heterocycles. The van der Waals surface area contributed by atoms with E-state index in [1.165, 1.54) is 4.31 Å². The summed E-state index contributed by atoms with van der Waals surface area (Å²) in [6, 6.07) is 0.208. The van der Waals surface area contributed by atoms with Crippen LogP contribution in [0.4, 0.5) is 0 Å². The molecule has 1 atom stereocenters. The average molecular weight is 354 g/mol. The Labute approximate surface area is 135 Å². The summed E-state index contributed by atoms with van der Waals surface area (Å²) in [4.78, 5) is 11.8. The van der Waals surface area contributed by atoms with Gasteiger partial charge < -0.3 is 10.6 Å². The first-order valence-corrected chi connectivity index (χ1v) is 11.1. The summed E-state index contributed by atoms with van der Waals surface area (Å²) in [7, 11) is -3.23. The average Bonchev–Trinajstić information content (AvgIpc) is 2.49. The van der Waals surface area contributed by atoms with E-state index in [2.05, 4.69) is 10.6 Å². The molecule has 2 aliphatic rings. The minimum Gasteiger partial charge on any atom is -0.355 e. The second-order valence-corrected chi connectivity index (χ2v) is 9.57. The van der Waals surface area contributed by atoms with Gasteiger partial charge in [0.1, 0.15) is 0 Å². The van der Waals surface area contributed by atoms with Crippen molar-refractivity contribution in [2.24, 2.45) is 0 Å². The van der Waals surface area contributed by atoms with Crippen molar-refractivity contribution in [3.05, 3.63) is 0 Å². The number of carbonyl (C=O) groups excluding carboxylic acids is 1. The van der Waals surface area contributed by atoms with Crippen molar-refractivity contribution in [2.75, 3.05) is 54.9 Å². The van der Waals surface area contributed by atoms with Crippen molar-refractivity contribution in [1.82, 2.24) is 14.9 Å². The molecule has 0 spiro atoms. The molecule has 6 nitrogen and oxygen atoms in total. The zero-order valence-electron chi connectivity index (χ0n) is 12.0. The van der Waals surface area contributed by atoms with Crippen molar-refractivity contribution in [3.8, 4) is 0 Å². The monoisotopic (exact) mass is 353 g/mol. The molecule has 2 N–H and O–H groups in total. The number of nitrogens with zero attached hydrogens (tertiary/aromatic N) is 1. The molecule has 0 aliphatic carbocycles. The van der Waals surface area contributed by atoms with Gasteiger partial charge in [-0.1, -0.05) is 0 Å². The third-order valence-electron chi connectivity index (χ3n) is 3.48. The van der Waals surface area contributed by atoms with E-state index in [1.54, 1.807) is 11.8 Å².